The highest BCUT2D eigenvalue weighted by Gasteiger charge is 2.19. The Labute approximate surface area is 214 Å². The lowest BCUT2D eigenvalue weighted by atomic mass is 10.1. The summed E-state index contributed by atoms with van der Waals surface area (Å²) in [6.45, 7) is 0.678. The second-order valence-electron chi connectivity index (χ2n) is 6.96. The number of fused-ring (bicyclic) bond motifs is 1. The number of nitrogens with one attached hydrogen (secondary N) is 2. The lowest BCUT2D eigenvalue weighted by molar-refractivity contribution is 0.580. The molecule has 12 heteroatoms. The largest absolute Gasteiger partial charge is 0.370 e. The maximum absolute atomic E-state index is 12.5. The number of nitrogens with zero attached hydrogens (tertiary/aromatic N) is 3. The second kappa shape index (κ2) is 10.2. The summed E-state index contributed by atoms with van der Waals surface area (Å²) in [7, 11) is -3.78. The van der Waals surface area contributed by atoms with Crippen LogP contribution in [0.5, 0.6) is 0 Å². The van der Waals surface area contributed by atoms with E-state index in [1.807, 2.05) is 24.3 Å². The van der Waals surface area contributed by atoms with Crippen molar-refractivity contribution in [3.05, 3.63) is 74.3 Å². The Bertz CT molecular complexity index is 1430. The van der Waals surface area contributed by atoms with E-state index in [-0.39, 0.29) is 21.5 Å². The number of sulfonamides is 1. The maximum Gasteiger partial charge on any atom is 0.242 e. The zero-order valence-corrected chi connectivity index (χ0v) is 21.6. The number of rotatable bonds is 8. The Morgan fingerprint density at radius 1 is 1.00 bits per heavy atom. The summed E-state index contributed by atoms with van der Waals surface area (Å²) in [4.78, 5) is 4.62. The molecule has 0 amide bonds. The molecule has 4 aromatic rings. The van der Waals surface area contributed by atoms with Crippen LogP contribution in [-0.2, 0) is 10.0 Å². The van der Waals surface area contributed by atoms with Gasteiger partial charge in [-0.3, -0.25) is 0 Å². The minimum atomic E-state index is -3.78. The number of hydrogen-bond acceptors (Lipinski definition) is 5. The van der Waals surface area contributed by atoms with Gasteiger partial charge < -0.3 is 5.32 Å². The van der Waals surface area contributed by atoms with E-state index in [4.69, 9.17) is 34.8 Å². The summed E-state index contributed by atoms with van der Waals surface area (Å²) in [6, 6.07) is 13.8. The van der Waals surface area contributed by atoms with Crippen molar-refractivity contribution in [2.75, 3.05) is 18.4 Å². The number of anilines is 1. The minimum Gasteiger partial charge on any atom is -0.370 e. The van der Waals surface area contributed by atoms with Crippen LogP contribution in [0.1, 0.15) is 6.42 Å². The maximum atomic E-state index is 12.5. The van der Waals surface area contributed by atoms with E-state index in [2.05, 4.69) is 36.1 Å². The molecule has 2 heterocycles. The zero-order chi connectivity index (χ0) is 23.6. The Morgan fingerprint density at radius 2 is 1.76 bits per heavy atom. The van der Waals surface area contributed by atoms with Gasteiger partial charge in [-0.2, -0.15) is 9.61 Å². The first-order valence-electron chi connectivity index (χ1n) is 9.74. The molecule has 33 heavy (non-hydrogen) atoms. The van der Waals surface area contributed by atoms with Crippen LogP contribution < -0.4 is 10.0 Å². The van der Waals surface area contributed by atoms with Crippen LogP contribution in [0.25, 0.3) is 16.9 Å². The third kappa shape index (κ3) is 5.29. The SMILES string of the molecule is O=S(=O)(NCCCNc1cc(-c2ccccc2Cl)nc2c(Br)cnn12)c1cccc(Cl)c1Cl. The van der Waals surface area contributed by atoms with E-state index in [0.29, 0.717) is 35.1 Å². The molecule has 4 rings (SSSR count). The van der Waals surface area contributed by atoms with Crippen molar-refractivity contribution < 1.29 is 8.42 Å². The molecule has 0 saturated heterocycles. The van der Waals surface area contributed by atoms with Gasteiger partial charge in [0.1, 0.15) is 10.7 Å². The summed E-state index contributed by atoms with van der Waals surface area (Å²) >= 11 is 21.8. The summed E-state index contributed by atoms with van der Waals surface area (Å²) in [5.74, 6) is 0.696. The van der Waals surface area contributed by atoms with Crippen LogP contribution in [-0.4, -0.2) is 36.1 Å². The van der Waals surface area contributed by atoms with E-state index in [1.54, 1.807) is 16.8 Å². The van der Waals surface area contributed by atoms with Gasteiger partial charge in [-0.15, -0.1) is 0 Å². The van der Waals surface area contributed by atoms with Gasteiger partial charge >= 0.3 is 0 Å². The van der Waals surface area contributed by atoms with Crippen LogP contribution in [0, 0.1) is 0 Å². The quantitative estimate of drug-likeness (QED) is 0.250. The molecular weight excluding hydrogens is 573 g/mol. The smallest absolute Gasteiger partial charge is 0.242 e. The standard InChI is InChI=1S/C21H17BrCl3N5O2S/c22-14-12-27-30-19(11-17(29-21(14)30)13-5-1-2-6-15(13)23)26-9-4-10-28-33(31,32)18-8-3-7-16(24)20(18)25/h1-3,5-8,11-12,26,28H,4,9-10H2. The summed E-state index contributed by atoms with van der Waals surface area (Å²) < 4.78 is 30.0. The predicted octanol–water partition coefficient (Wildman–Crippen LogP) is 5.90. The molecule has 0 atom stereocenters. The molecule has 0 spiro atoms. The first-order valence-corrected chi connectivity index (χ1v) is 13.2. The predicted molar refractivity (Wildman–Crippen MR) is 136 cm³/mol. The number of aromatic nitrogens is 3. The van der Waals surface area contributed by atoms with Crippen LogP contribution in [0.15, 0.2) is 64.1 Å². The van der Waals surface area contributed by atoms with E-state index < -0.39 is 10.0 Å². The summed E-state index contributed by atoms with van der Waals surface area (Å²) in [5.41, 5.74) is 2.11. The Hall–Kier alpha value is -1.88. The monoisotopic (exact) mass is 587 g/mol. The minimum absolute atomic E-state index is 0.000306. The number of hydrogen-bond donors (Lipinski definition) is 2. The van der Waals surface area contributed by atoms with Gasteiger partial charge in [-0.25, -0.2) is 18.1 Å². The van der Waals surface area contributed by atoms with Crippen LogP contribution >= 0.6 is 50.7 Å². The van der Waals surface area contributed by atoms with Gasteiger partial charge in [0.05, 0.1) is 26.4 Å². The molecule has 0 radical (unpaired) electrons. The van der Waals surface area contributed by atoms with Gasteiger partial charge in [0, 0.05) is 29.7 Å². The molecule has 2 aromatic heterocycles. The second-order valence-corrected chi connectivity index (χ2v) is 10.7. The fourth-order valence-corrected chi connectivity index (χ4v) is 5.56. The van der Waals surface area contributed by atoms with Crippen LogP contribution in [0.4, 0.5) is 5.82 Å². The van der Waals surface area contributed by atoms with Crippen molar-refractivity contribution in [1.82, 2.24) is 19.3 Å². The van der Waals surface area contributed by atoms with Crippen LogP contribution in [0.2, 0.25) is 15.1 Å². The van der Waals surface area contributed by atoms with Crippen molar-refractivity contribution in [3.63, 3.8) is 0 Å². The normalized spacial score (nSPS) is 11.8. The van der Waals surface area contributed by atoms with Gasteiger partial charge in [0.2, 0.25) is 10.0 Å². The van der Waals surface area contributed by atoms with Gasteiger partial charge in [0.25, 0.3) is 0 Å². The van der Waals surface area contributed by atoms with Crippen molar-refractivity contribution in [2.45, 2.75) is 11.3 Å². The molecule has 0 fully saturated rings. The molecule has 0 aliphatic heterocycles. The van der Waals surface area contributed by atoms with Gasteiger partial charge in [0.15, 0.2) is 5.65 Å². The van der Waals surface area contributed by atoms with Crippen molar-refractivity contribution in [3.8, 4) is 11.3 Å². The first kappa shape index (κ1) is 24.3. The topological polar surface area (TPSA) is 88.4 Å². The molecule has 0 unspecified atom stereocenters. The van der Waals surface area contributed by atoms with E-state index in [0.717, 1.165) is 10.0 Å². The molecule has 0 aliphatic rings. The molecule has 2 aromatic carbocycles. The van der Waals surface area contributed by atoms with Crippen molar-refractivity contribution >= 4 is 72.2 Å². The average molecular weight is 590 g/mol. The third-order valence-corrected chi connectivity index (χ3v) is 8.06. The highest BCUT2D eigenvalue weighted by atomic mass is 79.9. The molecule has 0 bridgehead atoms. The fraction of sp³-hybridized carbons (Fsp3) is 0.143. The molecule has 2 N–H and O–H groups in total. The summed E-state index contributed by atoms with van der Waals surface area (Å²) in [6.07, 6.45) is 2.16. The van der Waals surface area contributed by atoms with Crippen LogP contribution in [0.3, 0.4) is 0 Å². The van der Waals surface area contributed by atoms with Gasteiger partial charge in [-0.1, -0.05) is 59.1 Å². The van der Waals surface area contributed by atoms with Crippen molar-refractivity contribution in [2.24, 2.45) is 0 Å². The van der Waals surface area contributed by atoms with E-state index in [9.17, 15) is 8.42 Å². The lowest BCUT2D eigenvalue weighted by Crippen LogP contribution is -2.26. The molecule has 7 nitrogen and oxygen atoms in total. The average Bonchev–Trinajstić information content (AvgIpc) is 3.16. The lowest BCUT2D eigenvalue weighted by Gasteiger charge is -2.12. The number of halogens is 4. The molecule has 172 valence electrons. The number of benzene rings is 2. The Balaban J connectivity index is 1.46. The molecule has 0 saturated carbocycles. The highest BCUT2D eigenvalue weighted by Crippen LogP contribution is 2.31. The highest BCUT2D eigenvalue weighted by molar-refractivity contribution is 9.10. The third-order valence-electron chi connectivity index (χ3n) is 4.74. The zero-order valence-electron chi connectivity index (χ0n) is 16.9. The summed E-state index contributed by atoms with van der Waals surface area (Å²) in [5, 5.41) is 8.41. The van der Waals surface area contributed by atoms with Crippen molar-refractivity contribution in [1.29, 1.82) is 0 Å². The van der Waals surface area contributed by atoms with Gasteiger partial charge in [-0.05, 0) is 40.5 Å². The first-order chi connectivity index (χ1) is 15.8. The molecule has 0 aliphatic carbocycles. The fourth-order valence-electron chi connectivity index (χ4n) is 3.15. The van der Waals surface area contributed by atoms with E-state index >= 15 is 0 Å². The Morgan fingerprint density at radius 3 is 2.55 bits per heavy atom. The Kier molecular flexibility index (Phi) is 7.47. The molecular formula is C21H17BrCl3N5O2S. The van der Waals surface area contributed by atoms with E-state index in [1.165, 1.54) is 18.2 Å².